The second kappa shape index (κ2) is 8.21. The summed E-state index contributed by atoms with van der Waals surface area (Å²) in [4.78, 5) is 17.7. The van der Waals surface area contributed by atoms with Gasteiger partial charge in [0.2, 0.25) is 0 Å². The maximum absolute atomic E-state index is 12.2. The fourth-order valence-corrected chi connectivity index (χ4v) is 3.74. The van der Waals surface area contributed by atoms with Crippen LogP contribution in [0.1, 0.15) is 10.6 Å². The molecule has 2 amide bonds. The van der Waals surface area contributed by atoms with Gasteiger partial charge in [-0.2, -0.15) is 0 Å². The first-order chi connectivity index (χ1) is 12.6. The van der Waals surface area contributed by atoms with Crippen molar-refractivity contribution in [3.8, 4) is 16.3 Å². The molecular weight excluding hydrogens is 370 g/mol. The molecule has 0 saturated carbocycles. The first-order valence-electron chi connectivity index (χ1n) is 7.97. The molecule has 3 aromatic rings. The average Bonchev–Trinajstić information content (AvgIpc) is 3.01. The lowest BCUT2D eigenvalue weighted by molar-refractivity contribution is 0.251. The molecule has 0 aliphatic rings. The molecule has 0 radical (unpaired) electrons. The minimum absolute atomic E-state index is 0.304. The first kappa shape index (κ1) is 18.2. The van der Waals surface area contributed by atoms with Gasteiger partial charge in [-0.25, -0.2) is 9.78 Å². The van der Waals surface area contributed by atoms with E-state index in [4.69, 9.17) is 16.3 Å². The van der Waals surface area contributed by atoms with E-state index in [0.717, 1.165) is 21.1 Å². The number of benzene rings is 2. The summed E-state index contributed by atoms with van der Waals surface area (Å²) in [7, 11) is 1.56. The summed E-state index contributed by atoms with van der Waals surface area (Å²) in [5.74, 6) is 0.609. The number of rotatable bonds is 5. The van der Waals surface area contributed by atoms with E-state index < -0.39 is 0 Å². The molecule has 0 spiro atoms. The van der Waals surface area contributed by atoms with Crippen LogP contribution >= 0.6 is 22.9 Å². The average molecular weight is 388 g/mol. The standard InChI is InChI=1S/C19H18ClN3O2S/c1-12-17(26-18(22-12)13-7-3-4-8-14(13)20)11-21-19(24)23-15-9-5-6-10-16(15)25-2/h3-10H,11H2,1-2H3,(H2,21,23,24). The molecule has 26 heavy (non-hydrogen) atoms. The summed E-state index contributed by atoms with van der Waals surface area (Å²) in [6.45, 7) is 2.31. The van der Waals surface area contributed by atoms with Gasteiger partial charge >= 0.3 is 6.03 Å². The van der Waals surface area contributed by atoms with Crippen molar-refractivity contribution in [2.45, 2.75) is 13.5 Å². The summed E-state index contributed by atoms with van der Waals surface area (Å²) in [6.07, 6.45) is 0. The zero-order chi connectivity index (χ0) is 18.5. The van der Waals surface area contributed by atoms with Crippen LogP contribution in [0.25, 0.3) is 10.6 Å². The summed E-state index contributed by atoms with van der Waals surface area (Å²) in [5.41, 5.74) is 2.39. The Bertz CT molecular complexity index is 927. The lowest BCUT2D eigenvalue weighted by Crippen LogP contribution is -2.28. The summed E-state index contributed by atoms with van der Waals surface area (Å²) >= 11 is 7.76. The zero-order valence-electron chi connectivity index (χ0n) is 14.4. The van der Waals surface area contributed by atoms with Crippen LogP contribution in [0.3, 0.4) is 0 Å². The maximum atomic E-state index is 12.2. The van der Waals surface area contributed by atoms with Gasteiger partial charge in [0.1, 0.15) is 10.8 Å². The molecule has 0 aliphatic carbocycles. The minimum atomic E-state index is -0.304. The van der Waals surface area contributed by atoms with Crippen molar-refractivity contribution in [2.24, 2.45) is 0 Å². The minimum Gasteiger partial charge on any atom is -0.495 e. The highest BCUT2D eigenvalue weighted by Crippen LogP contribution is 2.32. The molecule has 0 bridgehead atoms. The molecule has 0 aliphatic heterocycles. The Kier molecular flexibility index (Phi) is 5.75. The number of urea groups is 1. The maximum Gasteiger partial charge on any atom is 0.319 e. The quantitative estimate of drug-likeness (QED) is 0.640. The highest BCUT2D eigenvalue weighted by molar-refractivity contribution is 7.15. The van der Waals surface area contributed by atoms with Gasteiger partial charge in [-0.1, -0.05) is 41.9 Å². The van der Waals surface area contributed by atoms with E-state index in [-0.39, 0.29) is 6.03 Å². The van der Waals surface area contributed by atoms with Gasteiger partial charge in [-0.3, -0.25) is 0 Å². The number of methoxy groups -OCH3 is 1. The first-order valence-corrected chi connectivity index (χ1v) is 9.17. The molecule has 5 nitrogen and oxygen atoms in total. The monoisotopic (exact) mass is 387 g/mol. The Morgan fingerprint density at radius 3 is 2.69 bits per heavy atom. The number of thiazole rings is 1. The third-order valence-electron chi connectivity index (χ3n) is 3.76. The Morgan fingerprint density at radius 1 is 1.19 bits per heavy atom. The number of nitrogens with zero attached hydrogens (tertiary/aromatic N) is 1. The number of carbonyl (C=O) groups is 1. The van der Waals surface area contributed by atoms with Crippen LogP contribution in [-0.4, -0.2) is 18.1 Å². The number of amides is 2. The molecule has 2 N–H and O–H groups in total. The van der Waals surface area contributed by atoms with Crippen molar-refractivity contribution in [3.63, 3.8) is 0 Å². The number of hydrogen-bond donors (Lipinski definition) is 2. The zero-order valence-corrected chi connectivity index (χ0v) is 15.9. The van der Waals surface area contributed by atoms with Gasteiger partial charge in [0, 0.05) is 10.4 Å². The van der Waals surface area contributed by atoms with Crippen molar-refractivity contribution in [2.75, 3.05) is 12.4 Å². The number of aromatic nitrogens is 1. The second-order valence-corrected chi connectivity index (χ2v) is 7.01. The second-order valence-electron chi connectivity index (χ2n) is 5.52. The SMILES string of the molecule is COc1ccccc1NC(=O)NCc1sc(-c2ccccc2Cl)nc1C. The van der Waals surface area contributed by atoms with E-state index in [1.807, 2.05) is 43.3 Å². The molecule has 1 aromatic heterocycles. The molecule has 1 heterocycles. The number of hydrogen-bond acceptors (Lipinski definition) is 4. The fourth-order valence-electron chi connectivity index (χ4n) is 2.42. The van der Waals surface area contributed by atoms with Crippen LogP contribution in [-0.2, 0) is 6.54 Å². The number of para-hydroxylation sites is 2. The number of anilines is 1. The van der Waals surface area contributed by atoms with E-state index in [2.05, 4.69) is 15.6 Å². The van der Waals surface area contributed by atoms with Crippen molar-refractivity contribution in [1.82, 2.24) is 10.3 Å². The predicted molar refractivity (Wildman–Crippen MR) is 106 cm³/mol. The van der Waals surface area contributed by atoms with Crippen LogP contribution < -0.4 is 15.4 Å². The lowest BCUT2D eigenvalue weighted by Gasteiger charge is -2.10. The molecular formula is C19H18ClN3O2S. The molecule has 7 heteroatoms. The van der Waals surface area contributed by atoms with Gasteiger partial charge in [0.15, 0.2) is 0 Å². The molecule has 2 aromatic carbocycles. The third-order valence-corrected chi connectivity index (χ3v) is 5.28. The number of aryl methyl sites for hydroxylation is 1. The number of halogens is 1. The summed E-state index contributed by atoms with van der Waals surface area (Å²) in [6, 6.07) is 14.5. The van der Waals surface area contributed by atoms with Crippen molar-refractivity contribution < 1.29 is 9.53 Å². The van der Waals surface area contributed by atoms with Crippen molar-refractivity contribution in [3.05, 3.63) is 64.1 Å². The van der Waals surface area contributed by atoms with Crippen LogP contribution in [0.5, 0.6) is 5.75 Å². The normalized spacial score (nSPS) is 10.4. The molecule has 0 fully saturated rings. The Hall–Kier alpha value is -2.57. The molecule has 0 unspecified atom stereocenters. The molecule has 0 atom stereocenters. The van der Waals surface area contributed by atoms with Crippen LogP contribution in [0.4, 0.5) is 10.5 Å². The predicted octanol–water partition coefficient (Wildman–Crippen LogP) is 5.10. The molecule has 134 valence electrons. The Balaban J connectivity index is 1.67. The number of nitrogens with one attached hydrogen (secondary N) is 2. The molecule has 0 saturated heterocycles. The van der Waals surface area contributed by atoms with Gasteiger partial charge in [0.25, 0.3) is 0 Å². The van der Waals surface area contributed by atoms with Gasteiger partial charge in [-0.05, 0) is 25.1 Å². The summed E-state index contributed by atoms with van der Waals surface area (Å²) < 4.78 is 5.23. The van der Waals surface area contributed by atoms with E-state index in [9.17, 15) is 4.79 Å². The smallest absolute Gasteiger partial charge is 0.319 e. The van der Waals surface area contributed by atoms with E-state index in [1.165, 1.54) is 11.3 Å². The van der Waals surface area contributed by atoms with Crippen LogP contribution in [0, 0.1) is 6.92 Å². The highest BCUT2D eigenvalue weighted by Gasteiger charge is 2.13. The summed E-state index contributed by atoms with van der Waals surface area (Å²) in [5, 5.41) is 7.14. The van der Waals surface area contributed by atoms with Gasteiger partial charge < -0.3 is 15.4 Å². The van der Waals surface area contributed by atoms with Crippen molar-refractivity contribution in [1.29, 1.82) is 0 Å². The Morgan fingerprint density at radius 2 is 1.92 bits per heavy atom. The largest absolute Gasteiger partial charge is 0.495 e. The van der Waals surface area contributed by atoms with Crippen LogP contribution in [0.15, 0.2) is 48.5 Å². The van der Waals surface area contributed by atoms with E-state index in [0.29, 0.717) is 23.0 Å². The number of ether oxygens (including phenoxy) is 1. The van der Waals surface area contributed by atoms with Crippen molar-refractivity contribution >= 4 is 34.7 Å². The fraction of sp³-hybridized carbons (Fsp3) is 0.158. The lowest BCUT2D eigenvalue weighted by atomic mass is 10.2. The highest BCUT2D eigenvalue weighted by atomic mass is 35.5. The topological polar surface area (TPSA) is 63.2 Å². The van der Waals surface area contributed by atoms with E-state index in [1.54, 1.807) is 19.2 Å². The third kappa shape index (κ3) is 4.15. The van der Waals surface area contributed by atoms with Crippen LogP contribution in [0.2, 0.25) is 5.02 Å². The van der Waals surface area contributed by atoms with Gasteiger partial charge in [-0.15, -0.1) is 11.3 Å². The molecule has 3 rings (SSSR count). The Labute approximate surface area is 161 Å². The van der Waals surface area contributed by atoms with E-state index >= 15 is 0 Å². The van der Waals surface area contributed by atoms with Gasteiger partial charge in [0.05, 0.1) is 30.1 Å². The number of carbonyl (C=O) groups excluding carboxylic acids is 1.